The van der Waals surface area contributed by atoms with Crippen LogP contribution in [0.2, 0.25) is 0 Å². The summed E-state index contributed by atoms with van der Waals surface area (Å²) in [5.41, 5.74) is 2.75. The molecule has 5 atom stereocenters. The summed E-state index contributed by atoms with van der Waals surface area (Å²) in [6, 6.07) is 5.63. The number of hydrogen-bond donors (Lipinski definition) is 1. The number of aromatic hydroxyl groups is 1. The Labute approximate surface area is 178 Å². The second-order valence-electron chi connectivity index (χ2n) is 10.8. The molecule has 0 saturated heterocycles. The summed E-state index contributed by atoms with van der Waals surface area (Å²) >= 11 is 0. The Morgan fingerprint density at radius 1 is 1.17 bits per heavy atom. The van der Waals surface area contributed by atoms with Gasteiger partial charge in [-0.25, -0.2) is 0 Å². The average Bonchev–Trinajstić information content (AvgIpc) is 3.01. The summed E-state index contributed by atoms with van der Waals surface area (Å²) in [5.74, 6) is 3.94. The highest BCUT2D eigenvalue weighted by Crippen LogP contribution is 2.60. The zero-order chi connectivity index (χ0) is 21.2. The first-order valence-electron chi connectivity index (χ1n) is 12.0. The number of phenolic OH excluding ortho intramolecular Hbond substituents is 1. The maximum absolute atomic E-state index is 12.9. The van der Waals surface area contributed by atoms with Crippen LogP contribution in [0.15, 0.2) is 18.2 Å². The van der Waals surface area contributed by atoms with Crippen LogP contribution in [0.1, 0.15) is 90.2 Å². The van der Waals surface area contributed by atoms with E-state index in [1.807, 2.05) is 12.1 Å². The van der Waals surface area contributed by atoms with Gasteiger partial charge in [-0.2, -0.15) is 0 Å². The van der Waals surface area contributed by atoms with Gasteiger partial charge in [-0.1, -0.05) is 53.0 Å². The summed E-state index contributed by atoms with van der Waals surface area (Å²) in [6.45, 7) is 11.7. The molecule has 0 heterocycles. The van der Waals surface area contributed by atoms with E-state index in [9.17, 15) is 9.90 Å². The van der Waals surface area contributed by atoms with Gasteiger partial charge in [0.15, 0.2) is 0 Å². The molecule has 3 rings (SSSR count). The molecule has 162 valence electrons. The van der Waals surface area contributed by atoms with Crippen molar-refractivity contribution in [3.63, 3.8) is 0 Å². The second kappa shape index (κ2) is 9.23. The molecule has 2 aliphatic carbocycles. The Balaban J connectivity index is 1.67. The number of phenols is 1. The van der Waals surface area contributed by atoms with Crippen molar-refractivity contribution in [2.45, 2.75) is 92.4 Å². The number of hydrogen-bond acceptors (Lipinski definition) is 2. The number of ketones is 1. The Kier molecular flexibility index (Phi) is 7.12. The van der Waals surface area contributed by atoms with E-state index in [4.69, 9.17) is 0 Å². The van der Waals surface area contributed by atoms with E-state index >= 15 is 0 Å². The molecule has 0 aliphatic heterocycles. The quantitative estimate of drug-likeness (QED) is 0.507. The monoisotopic (exact) mass is 398 g/mol. The van der Waals surface area contributed by atoms with Crippen molar-refractivity contribution >= 4 is 5.78 Å². The van der Waals surface area contributed by atoms with Crippen LogP contribution in [-0.2, 0) is 11.2 Å². The highest BCUT2D eigenvalue weighted by Gasteiger charge is 2.54. The molecular weight excluding hydrogens is 356 g/mol. The van der Waals surface area contributed by atoms with Crippen LogP contribution in [0, 0.1) is 41.9 Å². The van der Waals surface area contributed by atoms with Crippen LogP contribution >= 0.6 is 0 Å². The predicted octanol–water partition coefficient (Wildman–Crippen LogP) is 7.11. The number of benzene rings is 1. The van der Waals surface area contributed by atoms with E-state index in [1.165, 1.54) is 43.2 Å². The van der Waals surface area contributed by atoms with Gasteiger partial charge >= 0.3 is 0 Å². The van der Waals surface area contributed by atoms with Crippen molar-refractivity contribution in [1.82, 2.24) is 0 Å². The van der Waals surface area contributed by atoms with Gasteiger partial charge < -0.3 is 5.11 Å². The molecule has 1 aromatic carbocycles. The summed E-state index contributed by atoms with van der Waals surface area (Å²) < 4.78 is 0. The van der Waals surface area contributed by atoms with Crippen molar-refractivity contribution in [2.75, 3.05) is 0 Å². The third-order valence-electron chi connectivity index (χ3n) is 8.48. The van der Waals surface area contributed by atoms with Gasteiger partial charge in [0.2, 0.25) is 0 Å². The fourth-order valence-corrected chi connectivity index (χ4v) is 6.71. The number of carbonyl (C=O) groups excluding carboxylic acids is 1. The summed E-state index contributed by atoms with van der Waals surface area (Å²) in [7, 11) is 0. The van der Waals surface area contributed by atoms with Crippen LogP contribution in [0.5, 0.6) is 5.75 Å². The molecule has 1 unspecified atom stereocenters. The molecule has 2 aliphatic rings. The lowest BCUT2D eigenvalue weighted by Gasteiger charge is -2.46. The zero-order valence-electron chi connectivity index (χ0n) is 19.3. The van der Waals surface area contributed by atoms with Crippen LogP contribution in [0.4, 0.5) is 0 Å². The molecular formula is C27H42O2. The fourth-order valence-electron chi connectivity index (χ4n) is 6.71. The molecule has 0 spiro atoms. The Morgan fingerprint density at radius 3 is 2.66 bits per heavy atom. The third-order valence-corrected chi connectivity index (χ3v) is 8.48. The minimum absolute atomic E-state index is 0.211. The van der Waals surface area contributed by atoms with Gasteiger partial charge in [-0.3, -0.25) is 4.79 Å². The number of fused-ring (bicyclic) bond motifs is 1. The topological polar surface area (TPSA) is 37.3 Å². The summed E-state index contributed by atoms with van der Waals surface area (Å²) in [4.78, 5) is 12.9. The van der Waals surface area contributed by atoms with Gasteiger partial charge in [0.25, 0.3) is 0 Å². The van der Waals surface area contributed by atoms with Crippen LogP contribution in [-0.4, -0.2) is 10.9 Å². The largest absolute Gasteiger partial charge is 0.508 e. The molecule has 2 saturated carbocycles. The molecule has 29 heavy (non-hydrogen) atoms. The molecule has 0 aromatic heterocycles. The van der Waals surface area contributed by atoms with Gasteiger partial charge in [0.1, 0.15) is 11.5 Å². The molecule has 1 N–H and O–H groups in total. The number of Topliss-reactive ketones (excluding diaryl/α,β-unsaturated/α-hetero) is 1. The van der Waals surface area contributed by atoms with E-state index in [0.717, 1.165) is 43.4 Å². The smallest absolute Gasteiger partial charge is 0.136 e. The SMILES string of the molecule is Cc1ccc(O)cc1CC[C@@H]1C(=O)CC[C@@]2(C)C1CC[C@@H]2[C@H](C)CCCC(C)C. The van der Waals surface area contributed by atoms with E-state index in [2.05, 4.69) is 34.6 Å². The second-order valence-corrected chi connectivity index (χ2v) is 10.8. The number of rotatable bonds is 8. The maximum Gasteiger partial charge on any atom is 0.136 e. The zero-order valence-corrected chi connectivity index (χ0v) is 19.3. The van der Waals surface area contributed by atoms with Crippen LogP contribution < -0.4 is 0 Å². The Bertz CT molecular complexity index is 706. The Hall–Kier alpha value is -1.31. The molecule has 0 bridgehead atoms. The maximum atomic E-state index is 12.9. The summed E-state index contributed by atoms with van der Waals surface area (Å²) in [5, 5.41) is 9.85. The lowest BCUT2D eigenvalue weighted by atomic mass is 9.58. The molecule has 2 nitrogen and oxygen atoms in total. The predicted molar refractivity (Wildman–Crippen MR) is 121 cm³/mol. The van der Waals surface area contributed by atoms with Crippen molar-refractivity contribution < 1.29 is 9.90 Å². The first-order chi connectivity index (χ1) is 13.7. The van der Waals surface area contributed by atoms with E-state index in [0.29, 0.717) is 22.9 Å². The fraction of sp³-hybridized carbons (Fsp3) is 0.741. The van der Waals surface area contributed by atoms with Gasteiger partial charge in [-0.05, 0) is 91.4 Å². The first-order valence-corrected chi connectivity index (χ1v) is 12.0. The molecule has 1 aromatic rings. The molecule has 2 fully saturated rings. The van der Waals surface area contributed by atoms with Crippen LogP contribution in [0.3, 0.4) is 0 Å². The molecule has 2 heteroatoms. The van der Waals surface area contributed by atoms with Crippen LogP contribution in [0.25, 0.3) is 0 Å². The van der Waals surface area contributed by atoms with Crippen molar-refractivity contribution in [1.29, 1.82) is 0 Å². The van der Waals surface area contributed by atoms with E-state index in [1.54, 1.807) is 6.07 Å². The summed E-state index contributed by atoms with van der Waals surface area (Å²) in [6.07, 6.45) is 10.3. The van der Waals surface area contributed by atoms with Crippen molar-refractivity contribution in [2.24, 2.45) is 35.0 Å². The third kappa shape index (κ3) is 4.89. The number of aryl methyl sites for hydroxylation is 2. The van der Waals surface area contributed by atoms with E-state index < -0.39 is 0 Å². The molecule has 0 radical (unpaired) electrons. The minimum Gasteiger partial charge on any atom is -0.508 e. The van der Waals surface area contributed by atoms with Crippen molar-refractivity contribution in [3.8, 4) is 5.75 Å². The van der Waals surface area contributed by atoms with Gasteiger partial charge in [0.05, 0.1) is 0 Å². The molecule has 0 amide bonds. The van der Waals surface area contributed by atoms with Gasteiger partial charge in [0, 0.05) is 12.3 Å². The lowest BCUT2D eigenvalue weighted by molar-refractivity contribution is -0.132. The number of carbonyl (C=O) groups is 1. The van der Waals surface area contributed by atoms with Crippen molar-refractivity contribution in [3.05, 3.63) is 29.3 Å². The Morgan fingerprint density at radius 2 is 1.93 bits per heavy atom. The lowest BCUT2D eigenvalue weighted by Crippen LogP contribution is -2.43. The minimum atomic E-state index is 0.211. The highest BCUT2D eigenvalue weighted by atomic mass is 16.3. The van der Waals surface area contributed by atoms with Gasteiger partial charge in [-0.15, -0.1) is 0 Å². The normalized spacial score (nSPS) is 30.6. The first kappa shape index (κ1) is 22.4. The standard InChI is InChI=1S/C27H42O2/c1-18(2)7-6-8-20(4)24-13-14-25-23(26(29)15-16-27(24,25)5)12-10-21-17-22(28)11-9-19(21)3/h9,11,17-18,20,23-25,28H,6-8,10,12-16H2,1-5H3/t20-,23+,24-,25?,27-/m1/s1. The average molecular weight is 399 g/mol. The highest BCUT2D eigenvalue weighted by molar-refractivity contribution is 5.82. The van der Waals surface area contributed by atoms with E-state index in [-0.39, 0.29) is 5.92 Å².